The van der Waals surface area contributed by atoms with Crippen LogP contribution in [0.1, 0.15) is 42.5 Å². The molecule has 2 fully saturated rings. The monoisotopic (exact) mass is 335 g/mol. The molecule has 23 heavy (non-hydrogen) atoms. The molecule has 2 heterocycles. The molecule has 122 valence electrons. The van der Waals surface area contributed by atoms with Gasteiger partial charge in [0, 0.05) is 16.6 Å². The van der Waals surface area contributed by atoms with Gasteiger partial charge in [-0.3, -0.25) is 5.43 Å². The summed E-state index contributed by atoms with van der Waals surface area (Å²) in [6, 6.07) is 5.33. The molecule has 1 aliphatic carbocycles. The fourth-order valence-corrected chi connectivity index (χ4v) is 4.00. The molecule has 1 saturated heterocycles. The summed E-state index contributed by atoms with van der Waals surface area (Å²) in [5, 5.41) is 4.88. The van der Waals surface area contributed by atoms with Gasteiger partial charge in [-0.25, -0.2) is 19.5 Å². The van der Waals surface area contributed by atoms with Crippen LogP contribution in [0.5, 0.6) is 0 Å². The number of benzene rings is 1. The first-order valence-electron chi connectivity index (χ1n) is 7.99. The Kier molecular flexibility index (Phi) is 3.83. The maximum absolute atomic E-state index is 14.1. The van der Waals surface area contributed by atoms with Gasteiger partial charge in [0.05, 0.1) is 12.6 Å². The predicted molar refractivity (Wildman–Crippen MR) is 85.4 cm³/mol. The molecule has 0 bridgehead atoms. The van der Waals surface area contributed by atoms with E-state index in [4.69, 9.17) is 11.6 Å². The molecule has 0 amide bonds. The quantitative estimate of drug-likeness (QED) is 0.905. The molecule has 0 radical (unpaired) electrons. The zero-order valence-electron chi connectivity index (χ0n) is 12.9. The van der Waals surface area contributed by atoms with E-state index in [1.54, 1.807) is 16.8 Å². The molecule has 3 unspecified atom stereocenters. The van der Waals surface area contributed by atoms with E-state index < -0.39 is 0 Å². The summed E-state index contributed by atoms with van der Waals surface area (Å²) in [5.74, 6) is 1.74. The number of hydrogen-bond donors (Lipinski definition) is 2. The maximum atomic E-state index is 14.1. The van der Waals surface area contributed by atoms with E-state index in [2.05, 4.69) is 20.9 Å². The number of rotatable bonds is 3. The molecule has 2 aliphatic rings. The molecular formula is C16H19ClFN5. The molecule has 4 rings (SSSR count). The SMILES string of the molecule is Cc1nc(C2NNC3CCCC32)n(Cc2c(F)cccc2Cl)n1. The van der Waals surface area contributed by atoms with Crippen LogP contribution >= 0.6 is 11.6 Å². The summed E-state index contributed by atoms with van der Waals surface area (Å²) in [6.45, 7) is 2.15. The van der Waals surface area contributed by atoms with Crippen LogP contribution in [0.4, 0.5) is 4.39 Å². The average molecular weight is 336 g/mol. The fourth-order valence-electron chi connectivity index (χ4n) is 3.78. The fraction of sp³-hybridized carbons (Fsp3) is 0.500. The van der Waals surface area contributed by atoms with Crippen molar-refractivity contribution in [3.63, 3.8) is 0 Å². The molecule has 1 aromatic carbocycles. The van der Waals surface area contributed by atoms with E-state index in [1.807, 2.05) is 6.92 Å². The first kappa shape index (κ1) is 15.1. The van der Waals surface area contributed by atoms with Gasteiger partial charge in [-0.1, -0.05) is 24.1 Å². The third kappa shape index (κ3) is 2.65. The van der Waals surface area contributed by atoms with Crippen LogP contribution in [0, 0.1) is 18.7 Å². The summed E-state index contributed by atoms with van der Waals surface area (Å²) in [6.07, 6.45) is 3.58. The highest BCUT2D eigenvalue weighted by Crippen LogP contribution is 2.38. The molecule has 7 heteroatoms. The average Bonchev–Trinajstić information content (AvgIpc) is 3.18. The van der Waals surface area contributed by atoms with Gasteiger partial charge in [-0.05, 0) is 37.8 Å². The Morgan fingerprint density at radius 3 is 3.04 bits per heavy atom. The van der Waals surface area contributed by atoms with Crippen molar-refractivity contribution in [3.05, 3.63) is 46.3 Å². The van der Waals surface area contributed by atoms with E-state index in [0.717, 1.165) is 5.82 Å². The van der Waals surface area contributed by atoms with Crippen LogP contribution in [-0.2, 0) is 6.54 Å². The third-order valence-corrected chi connectivity index (χ3v) is 5.23. The first-order valence-corrected chi connectivity index (χ1v) is 8.36. The van der Waals surface area contributed by atoms with Gasteiger partial charge < -0.3 is 0 Å². The zero-order chi connectivity index (χ0) is 16.0. The smallest absolute Gasteiger partial charge is 0.147 e. The summed E-state index contributed by atoms with van der Waals surface area (Å²) in [5.41, 5.74) is 7.16. The number of hydrazine groups is 1. The topological polar surface area (TPSA) is 54.8 Å². The van der Waals surface area contributed by atoms with Crippen LogP contribution in [0.15, 0.2) is 18.2 Å². The van der Waals surface area contributed by atoms with Gasteiger partial charge in [-0.2, -0.15) is 5.10 Å². The number of aromatic nitrogens is 3. The number of aryl methyl sites for hydroxylation is 1. The minimum absolute atomic E-state index is 0.106. The lowest BCUT2D eigenvalue weighted by atomic mass is 9.96. The van der Waals surface area contributed by atoms with E-state index in [9.17, 15) is 4.39 Å². The first-order chi connectivity index (χ1) is 11.1. The highest BCUT2D eigenvalue weighted by Gasteiger charge is 2.42. The molecule has 1 aliphatic heterocycles. The number of nitrogens with one attached hydrogen (secondary N) is 2. The van der Waals surface area contributed by atoms with Gasteiger partial charge in [0.25, 0.3) is 0 Å². The number of nitrogens with zero attached hydrogens (tertiary/aromatic N) is 3. The Balaban J connectivity index is 1.68. The largest absolute Gasteiger partial charge is 0.254 e. The summed E-state index contributed by atoms with van der Waals surface area (Å²) in [7, 11) is 0. The molecule has 0 spiro atoms. The molecular weight excluding hydrogens is 317 g/mol. The van der Waals surface area contributed by atoms with Gasteiger partial charge >= 0.3 is 0 Å². The minimum atomic E-state index is -0.312. The summed E-state index contributed by atoms with van der Waals surface area (Å²) < 4.78 is 15.9. The van der Waals surface area contributed by atoms with E-state index >= 15 is 0 Å². The Hall–Kier alpha value is -1.50. The van der Waals surface area contributed by atoms with Crippen molar-refractivity contribution in [2.24, 2.45) is 5.92 Å². The molecule has 1 saturated carbocycles. The van der Waals surface area contributed by atoms with Gasteiger partial charge in [0.2, 0.25) is 0 Å². The second-order valence-electron chi connectivity index (χ2n) is 6.34. The van der Waals surface area contributed by atoms with E-state index in [-0.39, 0.29) is 18.4 Å². The lowest BCUT2D eigenvalue weighted by molar-refractivity contribution is 0.417. The van der Waals surface area contributed by atoms with Crippen molar-refractivity contribution in [3.8, 4) is 0 Å². The van der Waals surface area contributed by atoms with Crippen molar-refractivity contribution in [1.29, 1.82) is 0 Å². The summed E-state index contributed by atoms with van der Waals surface area (Å²) >= 11 is 6.16. The van der Waals surface area contributed by atoms with Gasteiger partial charge in [0.15, 0.2) is 0 Å². The highest BCUT2D eigenvalue weighted by molar-refractivity contribution is 6.31. The lowest BCUT2D eigenvalue weighted by Gasteiger charge is -2.17. The molecule has 3 atom stereocenters. The van der Waals surface area contributed by atoms with Crippen LogP contribution in [-0.4, -0.2) is 20.8 Å². The number of fused-ring (bicyclic) bond motifs is 1. The van der Waals surface area contributed by atoms with Crippen molar-refractivity contribution < 1.29 is 4.39 Å². The van der Waals surface area contributed by atoms with E-state index in [0.29, 0.717) is 28.4 Å². The third-order valence-electron chi connectivity index (χ3n) is 4.88. The number of halogens is 2. The summed E-state index contributed by atoms with van der Waals surface area (Å²) in [4.78, 5) is 4.59. The molecule has 5 nitrogen and oxygen atoms in total. The van der Waals surface area contributed by atoms with Crippen molar-refractivity contribution >= 4 is 11.6 Å². The Bertz CT molecular complexity index is 711. The number of hydrogen-bond acceptors (Lipinski definition) is 4. The normalized spacial score (nSPS) is 26.7. The predicted octanol–water partition coefficient (Wildman–Crippen LogP) is 2.74. The van der Waals surface area contributed by atoms with Gasteiger partial charge in [0.1, 0.15) is 17.5 Å². The van der Waals surface area contributed by atoms with Crippen molar-refractivity contribution in [1.82, 2.24) is 25.6 Å². The molecule has 2 N–H and O–H groups in total. The lowest BCUT2D eigenvalue weighted by Crippen LogP contribution is -2.31. The molecule has 2 aromatic rings. The van der Waals surface area contributed by atoms with Crippen LogP contribution < -0.4 is 10.9 Å². The van der Waals surface area contributed by atoms with Crippen LogP contribution in [0.25, 0.3) is 0 Å². The minimum Gasteiger partial charge on any atom is -0.254 e. The Labute approximate surface area is 139 Å². The highest BCUT2D eigenvalue weighted by atomic mass is 35.5. The maximum Gasteiger partial charge on any atom is 0.147 e. The van der Waals surface area contributed by atoms with Crippen LogP contribution in [0.3, 0.4) is 0 Å². The second-order valence-corrected chi connectivity index (χ2v) is 6.75. The second kappa shape index (κ2) is 5.85. The van der Waals surface area contributed by atoms with Crippen molar-refractivity contribution in [2.45, 2.75) is 44.8 Å². The van der Waals surface area contributed by atoms with Crippen LogP contribution in [0.2, 0.25) is 5.02 Å². The zero-order valence-corrected chi connectivity index (χ0v) is 13.6. The van der Waals surface area contributed by atoms with Gasteiger partial charge in [-0.15, -0.1) is 0 Å². The standard InChI is InChI=1S/C16H19ClFN5/c1-9-19-16(15-10-4-2-7-14(10)20-21-15)23(22-9)8-11-12(17)5-3-6-13(11)18/h3,5-6,10,14-15,20-21H,2,4,7-8H2,1H3. The molecule has 1 aromatic heterocycles. The van der Waals surface area contributed by atoms with E-state index in [1.165, 1.54) is 25.3 Å². The Morgan fingerprint density at radius 2 is 2.22 bits per heavy atom. The van der Waals surface area contributed by atoms with Crippen molar-refractivity contribution in [2.75, 3.05) is 0 Å². The Morgan fingerprint density at radius 1 is 1.35 bits per heavy atom.